The van der Waals surface area contributed by atoms with E-state index in [0.29, 0.717) is 24.7 Å². The van der Waals surface area contributed by atoms with Crippen molar-refractivity contribution in [2.24, 2.45) is 0 Å². The molecule has 0 aliphatic rings. The van der Waals surface area contributed by atoms with E-state index < -0.39 is 0 Å². The quantitative estimate of drug-likeness (QED) is 0.729. The van der Waals surface area contributed by atoms with E-state index in [-0.39, 0.29) is 6.03 Å². The lowest BCUT2D eigenvalue weighted by Gasteiger charge is -2.07. The number of anilines is 1. The summed E-state index contributed by atoms with van der Waals surface area (Å²) in [5.74, 6) is 0.505. The van der Waals surface area contributed by atoms with Crippen LogP contribution in [0.1, 0.15) is 0 Å². The number of nitrogens with one attached hydrogen (secondary N) is 2. The van der Waals surface area contributed by atoms with E-state index in [0.717, 1.165) is 0 Å². The van der Waals surface area contributed by atoms with Crippen LogP contribution < -0.4 is 15.4 Å². The first-order valence-corrected chi connectivity index (χ1v) is 4.80. The van der Waals surface area contributed by atoms with Gasteiger partial charge in [-0.05, 0) is 6.07 Å². The number of nitrogens with zero attached hydrogens (tertiary/aromatic N) is 1. The van der Waals surface area contributed by atoms with Crippen LogP contribution in [0.4, 0.5) is 10.5 Å². The Balaban J connectivity index is 2.37. The van der Waals surface area contributed by atoms with Gasteiger partial charge in [-0.25, -0.2) is 9.78 Å². The van der Waals surface area contributed by atoms with Crippen molar-refractivity contribution in [3.8, 4) is 5.88 Å². The summed E-state index contributed by atoms with van der Waals surface area (Å²) in [5, 5.41) is 5.26. The van der Waals surface area contributed by atoms with Gasteiger partial charge in [0, 0.05) is 19.7 Å². The first-order valence-electron chi connectivity index (χ1n) is 4.80. The summed E-state index contributed by atoms with van der Waals surface area (Å²) in [7, 11) is 3.11. The summed E-state index contributed by atoms with van der Waals surface area (Å²) >= 11 is 0. The highest BCUT2D eigenvalue weighted by atomic mass is 16.5. The largest absolute Gasteiger partial charge is 0.481 e. The Morgan fingerprint density at radius 2 is 2.25 bits per heavy atom. The number of aromatic nitrogens is 1. The summed E-state index contributed by atoms with van der Waals surface area (Å²) in [6, 6.07) is 3.09. The number of carbonyl (C=O) groups is 1. The Labute approximate surface area is 94.0 Å². The second-order valence-corrected chi connectivity index (χ2v) is 2.96. The molecule has 0 radical (unpaired) electrons. The molecule has 0 aliphatic carbocycles. The zero-order chi connectivity index (χ0) is 11.8. The SMILES string of the molecule is COCCNC(=O)Nc1ccc(OC)nc1. The second kappa shape index (κ2) is 6.62. The lowest BCUT2D eigenvalue weighted by atomic mass is 10.4. The number of rotatable bonds is 5. The maximum absolute atomic E-state index is 11.3. The van der Waals surface area contributed by atoms with Gasteiger partial charge in [0.25, 0.3) is 0 Å². The van der Waals surface area contributed by atoms with E-state index in [1.165, 1.54) is 13.3 Å². The molecule has 1 aromatic heterocycles. The van der Waals surface area contributed by atoms with Gasteiger partial charge in [-0.15, -0.1) is 0 Å². The maximum Gasteiger partial charge on any atom is 0.319 e. The fourth-order valence-corrected chi connectivity index (χ4v) is 1.02. The molecule has 2 amide bonds. The van der Waals surface area contributed by atoms with Gasteiger partial charge in [-0.3, -0.25) is 0 Å². The van der Waals surface area contributed by atoms with Crippen molar-refractivity contribution >= 4 is 11.7 Å². The van der Waals surface area contributed by atoms with Crippen LogP contribution in [-0.4, -0.2) is 38.4 Å². The molecule has 1 aromatic rings. The van der Waals surface area contributed by atoms with Gasteiger partial charge in [0.05, 0.1) is 25.6 Å². The topological polar surface area (TPSA) is 72.5 Å². The highest BCUT2D eigenvalue weighted by molar-refractivity contribution is 5.88. The molecule has 1 rings (SSSR count). The Morgan fingerprint density at radius 1 is 1.44 bits per heavy atom. The summed E-state index contributed by atoms with van der Waals surface area (Å²) in [6.07, 6.45) is 1.52. The third-order valence-corrected chi connectivity index (χ3v) is 1.80. The van der Waals surface area contributed by atoms with Gasteiger partial charge in [-0.1, -0.05) is 0 Å². The van der Waals surface area contributed by atoms with E-state index in [4.69, 9.17) is 9.47 Å². The lowest BCUT2D eigenvalue weighted by Crippen LogP contribution is -2.31. The van der Waals surface area contributed by atoms with Crippen LogP contribution in [0.5, 0.6) is 5.88 Å². The van der Waals surface area contributed by atoms with Crippen LogP contribution in [0.25, 0.3) is 0 Å². The highest BCUT2D eigenvalue weighted by Gasteiger charge is 2.01. The number of hydrogen-bond donors (Lipinski definition) is 2. The number of urea groups is 1. The van der Waals surface area contributed by atoms with Gasteiger partial charge in [0.15, 0.2) is 0 Å². The minimum atomic E-state index is -0.288. The molecule has 0 fully saturated rings. The Hall–Kier alpha value is -1.82. The van der Waals surface area contributed by atoms with E-state index >= 15 is 0 Å². The van der Waals surface area contributed by atoms with Gasteiger partial charge in [0.2, 0.25) is 5.88 Å². The molecule has 0 atom stereocenters. The van der Waals surface area contributed by atoms with E-state index in [9.17, 15) is 4.79 Å². The standard InChI is InChI=1S/C10H15N3O3/c1-15-6-5-11-10(14)13-8-3-4-9(16-2)12-7-8/h3-4,7H,5-6H2,1-2H3,(H2,11,13,14). The van der Waals surface area contributed by atoms with Crippen molar-refractivity contribution in [2.45, 2.75) is 0 Å². The van der Waals surface area contributed by atoms with Crippen LogP contribution >= 0.6 is 0 Å². The molecule has 6 heteroatoms. The molecule has 0 aromatic carbocycles. The molecule has 16 heavy (non-hydrogen) atoms. The number of pyridine rings is 1. The highest BCUT2D eigenvalue weighted by Crippen LogP contribution is 2.10. The minimum absolute atomic E-state index is 0.288. The lowest BCUT2D eigenvalue weighted by molar-refractivity contribution is 0.198. The molecular formula is C10H15N3O3. The molecular weight excluding hydrogens is 210 g/mol. The molecule has 1 heterocycles. The van der Waals surface area contributed by atoms with Crippen molar-refractivity contribution in [2.75, 3.05) is 32.7 Å². The maximum atomic E-state index is 11.3. The van der Waals surface area contributed by atoms with Gasteiger partial charge in [0.1, 0.15) is 0 Å². The summed E-state index contributed by atoms with van der Waals surface area (Å²) in [6.45, 7) is 0.945. The first-order chi connectivity index (χ1) is 7.76. The van der Waals surface area contributed by atoms with Crippen molar-refractivity contribution in [3.05, 3.63) is 18.3 Å². The number of hydrogen-bond acceptors (Lipinski definition) is 4. The minimum Gasteiger partial charge on any atom is -0.481 e. The molecule has 0 spiro atoms. The fourth-order valence-electron chi connectivity index (χ4n) is 1.02. The van der Waals surface area contributed by atoms with Crippen LogP contribution in [0.2, 0.25) is 0 Å². The smallest absolute Gasteiger partial charge is 0.319 e. The zero-order valence-corrected chi connectivity index (χ0v) is 9.32. The summed E-state index contributed by atoms with van der Waals surface area (Å²) in [5.41, 5.74) is 0.607. The van der Waals surface area contributed by atoms with Gasteiger partial charge in [-0.2, -0.15) is 0 Å². The van der Waals surface area contributed by atoms with Crippen molar-refractivity contribution in [3.63, 3.8) is 0 Å². The van der Waals surface area contributed by atoms with Crippen molar-refractivity contribution < 1.29 is 14.3 Å². The van der Waals surface area contributed by atoms with Crippen molar-refractivity contribution in [1.82, 2.24) is 10.3 Å². The molecule has 0 unspecified atom stereocenters. The molecule has 6 nitrogen and oxygen atoms in total. The predicted octanol–water partition coefficient (Wildman–Crippen LogP) is 0.858. The monoisotopic (exact) mass is 225 g/mol. The molecule has 0 saturated carbocycles. The van der Waals surface area contributed by atoms with Gasteiger partial charge >= 0.3 is 6.03 Å². The van der Waals surface area contributed by atoms with Crippen LogP contribution in [0.15, 0.2) is 18.3 Å². The Kier molecular flexibility index (Phi) is 5.07. The van der Waals surface area contributed by atoms with Crippen LogP contribution in [0.3, 0.4) is 0 Å². The normalized spacial score (nSPS) is 9.62. The molecule has 2 N–H and O–H groups in total. The average molecular weight is 225 g/mol. The first kappa shape index (κ1) is 12.3. The number of carbonyl (C=O) groups excluding carboxylic acids is 1. The predicted molar refractivity (Wildman–Crippen MR) is 59.7 cm³/mol. The van der Waals surface area contributed by atoms with E-state index in [1.807, 2.05) is 0 Å². The van der Waals surface area contributed by atoms with Gasteiger partial charge < -0.3 is 20.1 Å². The molecule has 0 saturated heterocycles. The average Bonchev–Trinajstić information content (AvgIpc) is 2.30. The van der Waals surface area contributed by atoms with E-state index in [2.05, 4.69) is 15.6 Å². The van der Waals surface area contributed by atoms with Crippen molar-refractivity contribution in [1.29, 1.82) is 0 Å². The van der Waals surface area contributed by atoms with E-state index in [1.54, 1.807) is 19.2 Å². The Bertz CT molecular complexity index is 327. The summed E-state index contributed by atoms with van der Waals surface area (Å²) in [4.78, 5) is 15.3. The molecule has 88 valence electrons. The second-order valence-electron chi connectivity index (χ2n) is 2.96. The number of methoxy groups -OCH3 is 2. The third kappa shape index (κ3) is 4.14. The summed E-state index contributed by atoms with van der Waals surface area (Å²) < 4.78 is 9.70. The number of ether oxygens (including phenoxy) is 2. The zero-order valence-electron chi connectivity index (χ0n) is 9.32. The number of amides is 2. The third-order valence-electron chi connectivity index (χ3n) is 1.80. The molecule has 0 aliphatic heterocycles. The fraction of sp³-hybridized carbons (Fsp3) is 0.400. The molecule has 0 bridgehead atoms. The van der Waals surface area contributed by atoms with Crippen LogP contribution in [0, 0.1) is 0 Å². The Morgan fingerprint density at radius 3 is 2.81 bits per heavy atom. The van der Waals surface area contributed by atoms with Crippen LogP contribution in [-0.2, 0) is 4.74 Å².